The van der Waals surface area contributed by atoms with Gasteiger partial charge in [-0.15, -0.1) is 0 Å². The molecule has 0 aliphatic rings. The van der Waals surface area contributed by atoms with Gasteiger partial charge in [0.05, 0.1) is 21.3 Å². The van der Waals surface area contributed by atoms with E-state index in [9.17, 15) is 4.79 Å². The van der Waals surface area contributed by atoms with Crippen LogP contribution < -0.4 is 14.2 Å². The van der Waals surface area contributed by atoms with E-state index in [1.807, 2.05) is 12.1 Å². The number of ketones is 1. The molecular formula is C18H18O4. The summed E-state index contributed by atoms with van der Waals surface area (Å²) in [5, 5.41) is 0. The Bertz CT molecular complexity index is 689. The van der Waals surface area contributed by atoms with E-state index in [2.05, 4.69) is 0 Å². The summed E-state index contributed by atoms with van der Waals surface area (Å²) in [5.74, 6) is 1.90. The summed E-state index contributed by atoms with van der Waals surface area (Å²) in [6.45, 7) is 0. The van der Waals surface area contributed by atoms with Gasteiger partial charge in [-0.1, -0.05) is 12.1 Å². The average Bonchev–Trinajstić information content (AvgIpc) is 2.59. The number of carbonyl (C=O) groups excluding carboxylic acids is 1. The lowest BCUT2D eigenvalue weighted by Crippen LogP contribution is -1.95. The summed E-state index contributed by atoms with van der Waals surface area (Å²) < 4.78 is 15.6. The zero-order chi connectivity index (χ0) is 15.9. The fraction of sp³-hybridized carbons (Fsp3) is 0.167. The Kier molecular flexibility index (Phi) is 5.20. The molecule has 22 heavy (non-hydrogen) atoms. The number of rotatable bonds is 6. The van der Waals surface area contributed by atoms with Gasteiger partial charge in [0.2, 0.25) is 0 Å². The molecule has 0 amide bonds. The minimum absolute atomic E-state index is 0.100. The Hall–Kier alpha value is -2.75. The first kappa shape index (κ1) is 15.6. The van der Waals surface area contributed by atoms with Crippen molar-refractivity contribution in [1.29, 1.82) is 0 Å². The van der Waals surface area contributed by atoms with Crippen LogP contribution in [0, 0.1) is 0 Å². The zero-order valence-electron chi connectivity index (χ0n) is 12.8. The van der Waals surface area contributed by atoms with E-state index < -0.39 is 0 Å². The number of hydrogen-bond acceptors (Lipinski definition) is 4. The zero-order valence-corrected chi connectivity index (χ0v) is 12.8. The number of methoxy groups -OCH3 is 3. The summed E-state index contributed by atoms with van der Waals surface area (Å²) >= 11 is 0. The van der Waals surface area contributed by atoms with Crippen molar-refractivity contribution in [2.45, 2.75) is 0 Å². The molecule has 0 saturated carbocycles. The SMILES string of the molecule is COc1cccc(C(=O)C=Cc2ccc(OC)cc2OC)c1. The van der Waals surface area contributed by atoms with Crippen molar-refractivity contribution in [3.8, 4) is 17.2 Å². The first-order chi connectivity index (χ1) is 10.7. The summed E-state index contributed by atoms with van der Waals surface area (Å²) in [5.41, 5.74) is 1.38. The van der Waals surface area contributed by atoms with Gasteiger partial charge in [-0.05, 0) is 36.4 Å². The van der Waals surface area contributed by atoms with Crippen LogP contribution in [0.1, 0.15) is 15.9 Å². The monoisotopic (exact) mass is 298 g/mol. The Balaban J connectivity index is 2.22. The lowest BCUT2D eigenvalue weighted by atomic mass is 10.1. The van der Waals surface area contributed by atoms with Crippen LogP contribution >= 0.6 is 0 Å². The van der Waals surface area contributed by atoms with Crippen LogP contribution in [-0.4, -0.2) is 27.1 Å². The first-order valence-corrected chi connectivity index (χ1v) is 6.76. The fourth-order valence-corrected chi connectivity index (χ4v) is 1.99. The molecule has 0 unspecified atom stereocenters. The van der Waals surface area contributed by atoms with Gasteiger partial charge in [0.1, 0.15) is 17.2 Å². The van der Waals surface area contributed by atoms with E-state index in [4.69, 9.17) is 14.2 Å². The second-order valence-electron chi connectivity index (χ2n) is 4.54. The lowest BCUT2D eigenvalue weighted by Gasteiger charge is -2.07. The van der Waals surface area contributed by atoms with E-state index >= 15 is 0 Å². The summed E-state index contributed by atoms with van der Waals surface area (Å²) in [4.78, 5) is 12.2. The second-order valence-corrected chi connectivity index (χ2v) is 4.54. The van der Waals surface area contributed by atoms with Gasteiger partial charge < -0.3 is 14.2 Å². The molecule has 0 N–H and O–H groups in total. The molecule has 0 aliphatic carbocycles. The summed E-state index contributed by atoms with van der Waals surface area (Å²) in [7, 11) is 4.74. The third-order valence-electron chi connectivity index (χ3n) is 3.21. The summed E-state index contributed by atoms with van der Waals surface area (Å²) in [6.07, 6.45) is 3.24. The van der Waals surface area contributed by atoms with Gasteiger partial charge in [-0.2, -0.15) is 0 Å². The Morgan fingerprint density at radius 2 is 1.64 bits per heavy atom. The van der Waals surface area contributed by atoms with E-state index in [1.165, 1.54) is 6.08 Å². The third-order valence-corrected chi connectivity index (χ3v) is 3.21. The maximum absolute atomic E-state index is 12.2. The molecule has 0 aromatic heterocycles. The average molecular weight is 298 g/mol. The summed E-state index contributed by atoms with van der Waals surface area (Å²) in [6, 6.07) is 12.5. The third kappa shape index (κ3) is 3.67. The topological polar surface area (TPSA) is 44.8 Å². The van der Waals surface area contributed by atoms with Crippen molar-refractivity contribution in [3.63, 3.8) is 0 Å². The predicted molar refractivity (Wildman–Crippen MR) is 85.9 cm³/mol. The molecule has 4 heteroatoms. The minimum atomic E-state index is -0.100. The van der Waals surface area contributed by atoms with Crippen molar-refractivity contribution in [2.24, 2.45) is 0 Å². The largest absolute Gasteiger partial charge is 0.497 e. The molecule has 2 aromatic rings. The molecule has 0 aliphatic heterocycles. The van der Waals surface area contributed by atoms with Gasteiger partial charge in [0.25, 0.3) is 0 Å². The Labute approximate surface area is 129 Å². The van der Waals surface area contributed by atoms with Crippen LogP contribution in [0.2, 0.25) is 0 Å². The van der Waals surface area contributed by atoms with E-state index in [0.29, 0.717) is 22.8 Å². The normalized spacial score (nSPS) is 10.5. The molecule has 0 bridgehead atoms. The molecule has 0 heterocycles. The van der Waals surface area contributed by atoms with Crippen molar-refractivity contribution in [3.05, 3.63) is 59.7 Å². The molecule has 0 atom stereocenters. The molecule has 114 valence electrons. The lowest BCUT2D eigenvalue weighted by molar-refractivity contribution is 0.104. The first-order valence-electron chi connectivity index (χ1n) is 6.76. The van der Waals surface area contributed by atoms with Crippen LogP contribution in [0.25, 0.3) is 6.08 Å². The Morgan fingerprint density at radius 1 is 0.909 bits per heavy atom. The number of allylic oxidation sites excluding steroid dienone is 1. The van der Waals surface area contributed by atoms with E-state index in [0.717, 1.165) is 5.56 Å². The van der Waals surface area contributed by atoms with Gasteiger partial charge in [-0.3, -0.25) is 4.79 Å². The van der Waals surface area contributed by atoms with Crippen LogP contribution in [0.4, 0.5) is 0 Å². The number of ether oxygens (including phenoxy) is 3. The highest BCUT2D eigenvalue weighted by molar-refractivity contribution is 6.07. The molecule has 4 nitrogen and oxygen atoms in total. The molecule has 0 saturated heterocycles. The molecule has 0 spiro atoms. The highest BCUT2D eigenvalue weighted by Gasteiger charge is 2.05. The highest BCUT2D eigenvalue weighted by Crippen LogP contribution is 2.25. The quantitative estimate of drug-likeness (QED) is 0.603. The van der Waals surface area contributed by atoms with Gasteiger partial charge in [0.15, 0.2) is 5.78 Å². The van der Waals surface area contributed by atoms with Crippen molar-refractivity contribution in [1.82, 2.24) is 0 Å². The smallest absolute Gasteiger partial charge is 0.185 e. The van der Waals surface area contributed by atoms with Crippen LogP contribution in [-0.2, 0) is 0 Å². The maximum atomic E-state index is 12.2. The predicted octanol–water partition coefficient (Wildman–Crippen LogP) is 3.61. The van der Waals surface area contributed by atoms with Gasteiger partial charge in [0, 0.05) is 17.2 Å². The molecular weight excluding hydrogens is 280 g/mol. The molecule has 2 aromatic carbocycles. The van der Waals surface area contributed by atoms with Crippen LogP contribution in [0.3, 0.4) is 0 Å². The maximum Gasteiger partial charge on any atom is 0.185 e. The van der Waals surface area contributed by atoms with Crippen molar-refractivity contribution in [2.75, 3.05) is 21.3 Å². The van der Waals surface area contributed by atoms with E-state index in [-0.39, 0.29) is 5.78 Å². The number of hydrogen-bond donors (Lipinski definition) is 0. The molecule has 0 radical (unpaired) electrons. The fourth-order valence-electron chi connectivity index (χ4n) is 1.99. The number of carbonyl (C=O) groups is 1. The molecule has 2 rings (SSSR count). The van der Waals surface area contributed by atoms with Crippen molar-refractivity contribution < 1.29 is 19.0 Å². The van der Waals surface area contributed by atoms with Crippen LogP contribution in [0.15, 0.2) is 48.5 Å². The van der Waals surface area contributed by atoms with Gasteiger partial charge >= 0.3 is 0 Å². The second kappa shape index (κ2) is 7.31. The highest BCUT2D eigenvalue weighted by atomic mass is 16.5. The molecule has 0 fully saturated rings. The van der Waals surface area contributed by atoms with Crippen LogP contribution in [0.5, 0.6) is 17.2 Å². The Morgan fingerprint density at radius 3 is 2.32 bits per heavy atom. The standard InChI is InChI=1S/C18H18O4/c1-20-15-6-4-5-14(11-15)17(19)10-8-13-7-9-16(21-2)12-18(13)22-3/h4-12H,1-3H3. The van der Waals surface area contributed by atoms with E-state index in [1.54, 1.807) is 57.7 Å². The van der Waals surface area contributed by atoms with Crippen molar-refractivity contribution >= 4 is 11.9 Å². The minimum Gasteiger partial charge on any atom is -0.497 e. The van der Waals surface area contributed by atoms with Gasteiger partial charge in [-0.25, -0.2) is 0 Å². The number of benzene rings is 2.